The van der Waals surface area contributed by atoms with Crippen LogP contribution >= 0.6 is 0 Å². The number of nitrogens with two attached hydrogens (primary N) is 1. The number of methoxy groups -OCH3 is 1. The molecule has 0 unspecified atom stereocenters. The molecule has 0 aliphatic carbocycles. The van der Waals surface area contributed by atoms with Gasteiger partial charge in [-0.05, 0) is 44.5 Å². The Balaban J connectivity index is 2.92. The smallest absolute Gasteiger partial charge is 0.338 e. The molecule has 18 heavy (non-hydrogen) atoms. The average molecular weight is 250 g/mol. The topological polar surface area (TPSA) is 81.4 Å². The van der Waals surface area contributed by atoms with Crippen LogP contribution in [0.5, 0.6) is 0 Å². The summed E-state index contributed by atoms with van der Waals surface area (Å²) < 4.78 is 4.65. The molecule has 0 aliphatic heterocycles. The highest BCUT2D eigenvalue weighted by atomic mass is 16.5. The van der Waals surface area contributed by atoms with Crippen molar-refractivity contribution < 1.29 is 14.3 Å². The molecule has 1 aromatic carbocycles. The SMILES string of the molecule is COC(=O)c1ccc(NC(=O)C(C)(C)N)cc1C. The predicted octanol–water partition coefficient (Wildman–Crippen LogP) is 1.46. The maximum absolute atomic E-state index is 11.7. The molecule has 0 heterocycles. The minimum atomic E-state index is -0.949. The highest BCUT2D eigenvalue weighted by Crippen LogP contribution is 2.17. The van der Waals surface area contributed by atoms with E-state index in [1.807, 2.05) is 0 Å². The molecule has 0 radical (unpaired) electrons. The number of ether oxygens (including phenoxy) is 1. The summed E-state index contributed by atoms with van der Waals surface area (Å²) in [7, 11) is 1.33. The van der Waals surface area contributed by atoms with Crippen molar-refractivity contribution in [2.45, 2.75) is 26.3 Å². The summed E-state index contributed by atoms with van der Waals surface area (Å²) in [5.74, 6) is -0.683. The van der Waals surface area contributed by atoms with E-state index in [0.717, 1.165) is 5.56 Å². The first-order valence-corrected chi connectivity index (χ1v) is 5.55. The van der Waals surface area contributed by atoms with E-state index in [9.17, 15) is 9.59 Å². The molecular weight excluding hydrogens is 232 g/mol. The second kappa shape index (κ2) is 5.18. The fourth-order valence-corrected chi connectivity index (χ4v) is 1.37. The van der Waals surface area contributed by atoms with Crippen molar-refractivity contribution in [2.24, 2.45) is 5.73 Å². The van der Waals surface area contributed by atoms with E-state index >= 15 is 0 Å². The molecule has 0 saturated heterocycles. The second-order valence-corrected chi connectivity index (χ2v) is 4.70. The lowest BCUT2D eigenvalue weighted by Gasteiger charge is -2.18. The van der Waals surface area contributed by atoms with Crippen LogP contribution in [0, 0.1) is 6.92 Å². The number of hydrogen-bond acceptors (Lipinski definition) is 4. The van der Waals surface area contributed by atoms with Gasteiger partial charge in [-0.3, -0.25) is 4.79 Å². The third-order valence-electron chi connectivity index (χ3n) is 2.47. The molecule has 3 N–H and O–H groups in total. The molecule has 98 valence electrons. The van der Waals surface area contributed by atoms with Crippen molar-refractivity contribution in [1.82, 2.24) is 0 Å². The highest BCUT2D eigenvalue weighted by Gasteiger charge is 2.22. The number of rotatable bonds is 3. The summed E-state index contributed by atoms with van der Waals surface area (Å²) in [5, 5.41) is 2.69. The molecule has 1 amide bonds. The van der Waals surface area contributed by atoms with Crippen LogP contribution in [0.2, 0.25) is 0 Å². The third-order valence-corrected chi connectivity index (χ3v) is 2.47. The van der Waals surface area contributed by atoms with Gasteiger partial charge in [-0.1, -0.05) is 0 Å². The van der Waals surface area contributed by atoms with Crippen LogP contribution < -0.4 is 11.1 Å². The van der Waals surface area contributed by atoms with Crippen LogP contribution in [0.25, 0.3) is 0 Å². The van der Waals surface area contributed by atoms with E-state index in [2.05, 4.69) is 10.1 Å². The summed E-state index contributed by atoms with van der Waals surface area (Å²) in [6.45, 7) is 5.02. The molecule has 5 heteroatoms. The quantitative estimate of drug-likeness (QED) is 0.796. The molecular formula is C13H18N2O3. The van der Waals surface area contributed by atoms with E-state index in [0.29, 0.717) is 11.3 Å². The molecule has 0 aromatic heterocycles. The van der Waals surface area contributed by atoms with Crippen molar-refractivity contribution >= 4 is 17.6 Å². The second-order valence-electron chi connectivity index (χ2n) is 4.70. The zero-order chi connectivity index (χ0) is 13.9. The van der Waals surface area contributed by atoms with Gasteiger partial charge in [-0.2, -0.15) is 0 Å². The summed E-state index contributed by atoms with van der Waals surface area (Å²) in [5.41, 5.74) is 6.54. The number of aryl methyl sites for hydroxylation is 1. The van der Waals surface area contributed by atoms with Crippen LogP contribution in [-0.2, 0) is 9.53 Å². The van der Waals surface area contributed by atoms with Gasteiger partial charge in [0.05, 0.1) is 18.2 Å². The van der Waals surface area contributed by atoms with Crippen LogP contribution in [-0.4, -0.2) is 24.5 Å². The maximum atomic E-state index is 11.7. The largest absolute Gasteiger partial charge is 0.465 e. The van der Waals surface area contributed by atoms with E-state index in [1.54, 1.807) is 39.0 Å². The van der Waals surface area contributed by atoms with Gasteiger partial charge in [-0.15, -0.1) is 0 Å². The number of carbonyl (C=O) groups excluding carboxylic acids is 2. The molecule has 1 rings (SSSR count). The first-order valence-electron chi connectivity index (χ1n) is 5.55. The maximum Gasteiger partial charge on any atom is 0.338 e. The number of anilines is 1. The number of amides is 1. The Morgan fingerprint density at radius 2 is 1.94 bits per heavy atom. The molecule has 1 aromatic rings. The lowest BCUT2D eigenvalue weighted by atomic mass is 10.1. The van der Waals surface area contributed by atoms with Crippen molar-refractivity contribution in [1.29, 1.82) is 0 Å². The van der Waals surface area contributed by atoms with Gasteiger partial charge in [0.25, 0.3) is 0 Å². The first kappa shape index (κ1) is 14.2. The Morgan fingerprint density at radius 1 is 1.33 bits per heavy atom. The number of esters is 1. The standard InChI is InChI=1S/C13H18N2O3/c1-8-7-9(15-12(17)13(2,3)14)5-6-10(8)11(16)18-4/h5-7H,14H2,1-4H3,(H,15,17). The number of nitrogens with one attached hydrogen (secondary N) is 1. The fraction of sp³-hybridized carbons (Fsp3) is 0.385. The summed E-state index contributed by atoms with van der Waals surface area (Å²) in [6, 6.07) is 4.96. The number of benzene rings is 1. The Bertz CT molecular complexity index is 476. The third kappa shape index (κ3) is 3.30. The van der Waals surface area contributed by atoms with Crippen LogP contribution in [0.1, 0.15) is 29.8 Å². The van der Waals surface area contributed by atoms with E-state index in [4.69, 9.17) is 5.73 Å². The van der Waals surface area contributed by atoms with E-state index in [-0.39, 0.29) is 5.91 Å². The van der Waals surface area contributed by atoms with Crippen molar-refractivity contribution in [3.8, 4) is 0 Å². The van der Waals surface area contributed by atoms with Crippen LogP contribution in [0.4, 0.5) is 5.69 Å². The Labute approximate surface area is 106 Å². The van der Waals surface area contributed by atoms with Gasteiger partial charge in [-0.25, -0.2) is 4.79 Å². The number of hydrogen-bond donors (Lipinski definition) is 2. The Hall–Kier alpha value is -1.88. The van der Waals surface area contributed by atoms with Gasteiger partial charge in [0.2, 0.25) is 5.91 Å². The van der Waals surface area contributed by atoms with Gasteiger partial charge >= 0.3 is 5.97 Å². The molecule has 5 nitrogen and oxygen atoms in total. The van der Waals surface area contributed by atoms with Gasteiger partial charge in [0.15, 0.2) is 0 Å². The summed E-state index contributed by atoms with van der Waals surface area (Å²) in [6.07, 6.45) is 0. The molecule has 0 saturated carbocycles. The Morgan fingerprint density at radius 3 is 2.39 bits per heavy atom. The molecule has 0 fully saturated rings. The van der Waals surface area contributed by atoms with Gasteiger partial charge in [0, 0.05) is 5.69 Å². The summed E-state index contributed by atoms with van der Waals surface area (Å²) in [4.78, 5) is 23.1. The zero-order valence-corrected chi connectivity index (χ0v) is 11.0. The Kier molecular flexibility index (Phi) is 4.08. The predicted molar refractivity (Wildman–Crippen MR) is 69.4 cm³/mol. The molecule has 0 aliphatic rings. The van der Waals surface area contributed by atoms with Gasteiger partial charge < -0.3 is 15.8 Å². The first-order chi connectivity index (χ1) is 8.25. The zero-order valence-electron chi connectivity index (χ0n) is 11.0. The average Bonchev–Trinajstić information content (AvgIpc) is 2.27. The minimum absolute atomic E-state index is 0.285. The monoisotopic (exact) mass is 250 g/mol. The fourth-order valence-electron chi connectivity index (χ4n) is 1.37. The van der Waals surface area contributed by atoms with E-state index < -0.39 is 11.5 Å². The van der Waals surface area contributed by atoms with Crippen molar-refractivity contribution in [3.05, 3.63) is 29.3 Å². The highest BCUT2D eigenvalue weighted by molar-refractivity contribution is 5.98. The van der Waals surface area contributed by atoms with Crippen molar-refractivity contribution in [2.75, 3.05) is 12.4 Å². The molecule has 0 bridgehead atoms. The number of carbonyl (C=O) groups is 2. The van der Waals surface area contributed by atoms with Crippen LogP contribution in [0.15, 0.2) is 18.2 Å². The van der Waals surface area contributed by atoms with Crippen molar-refractivity contribution in [3.63, 3.8) is 0 Å². The lowest BCUT2D eigenvalue weighted by Crippen LogP contribution is -2.45. The lowest BCUT2D eigenvalue weighted by molar-refractivity contribution is -0.120. The normalized spacial score (nSPS) is 10.9. The summed E-state index contributed by atoms with van der Waals surface area (Å²) >= 11 is 0. The molecule has 0 spiro atoms. The van der Waals surface area contributed by atoms with E-state index in [1.165, 1.54) is 7.11 Å². The minimum Gasteiger partial charge on any atom is -0.465 e. The van der Waals surface area contributed by atoms with Crippen LogP contribution in [0.3, 0.4) is 0 Å². The van der Waals surface area contributed by atoms with Gasteiger partial charge in [0.1, 0.15) is 0 Å². The molecule has 0 atom stereocenters.